The molecular formula is C65H118O14. The summed E-state index contributed by atoms with van der Waals surface area (Å²) in [4.78, 5) is 96.4. The van der Waals surface area contributed by atoms with Crippen LogP contribution in [0.5, 0.6) is 0 Å². The highest BCUT2D eigenvalue weighted by molar-refractivity contribution is 5.96. The van der Waals surface area contributed by atoms with Gasteiger partial charge in [-0.2, -0.15) is 0 Å². The molecule has 462 valence electrons. The summed E-state index contributed by atoms with van der Waals surface area (Å²) in [5.74, 6) is 3.04. The number of esters is 7. The number of hydrogen-bond acceptors (Lipinski definition) is 14. The molecule has 0 radical (unpaired) electrons. The van der Waals surface area contributed by atoms with E-state index in [0.29, 0.717) is 75.1 Å². The molecule has 14 unspecified atom stereocenters. The lowest BCUT2D eigenvalue weighted by Crippen LogP contribution is -2.66. The van der Waals surface area contributed by atoms with E-state index in [4.69, 9.17) is 23.7 Å². The fourth-order valence-electron chi connectivity index (χ4n) is 15.1. The first-order chi connectivity index (χ1) is 32.9. The summed E-state index contributed by atoms with van der Waals surface area (Å²) < 4.78 is 33.2. The first kappa shape index (κ1) is 77.2. The Hall–Kier alpha value is -3.84. The average Bonchev–Trinajstić information content (AvgIpc) is 3.98. The summed E-state index contributed by atoms with van der Waals surface area (Å²) in [5, 5.41) is 0. The Morgan fingerprint density at radius 3 is 1.33 bits per heavy atom. The maximum absolute atomic E-state index is 13.5. The van der Waals surface area contributed by atoms with Crippen LogP contribution in [0.3, 0.4) is 0 Å². The highest BCUT2D eigenvalue weighted by Crippen LogP contribution is 2.69. The van der Waals surface area contributed by atoms with Gasteiger partial charge in [0.2, 0.25) is 0 Å². The number of carbonyl (C=O) groups is 8. The molecule has 0 aromatic heterocycles. The lowest BCUT2D eigenvalue weighted by Gasteiger charge is -2.63. The lowest BCUT2D eigenvalue weighted by atomic mass is 9.42. The highest BCUT2D eigenvalue weighted by Gasteiger charge is 2.71. The van der Waals surface area contributed by atoms with Gasteiger partial charge in [0.15, 0.2) is 0 Å². The molecule has 79 heavy (non-hydrogen) atoms. The Labute approximate surface area is 481 Å². The number of cyclic esters (lactones) is 3. The molecular weight excluding hydrogens is 1000 g/mol. The van der Waals surface area contributed by atoms with Crippen LogP contribution >= 0.6 is 0 Å². The zero-order valence-corrected chi connectivity index (χ0v) is 45.4. The Morgan fingerprint density at radius 2 is 0.937 bits per heavy atom. The molecule has 0 aromatic rings. The van der Waals surface area contributed by atoms with E-state index in [1.165, 1.54) is 6.42 Å². The quantitative estimate of drug-likeness (QED) is 0.127. The Bertz CT molecular complexity index is 2030. The third-order valence-electron chi connectivity index (χ3n) is 18.9. The molecule has 2 heterocycles. The first-order valence-electron chi connectivity index (χ1n) is 27.3. The van der Waals surface area contributed by atoms with Crippen LogP contribution in [0.1, 0.15) is 246 Å². The van der Waals surface area contributed by atoms with Crippen LogP contribution in [0.25, 0.3) is 0 Å². The minimum Gasteiger partial charge on any atom is -0.465 e. The van der Waals surface area contributed by atoms with Gasteiger partial charge in [-0.1, -0.05) is 115 Å². The van der Waals surface area contributed by atoms with Gasteiger partial charge >= 0.3 is 41.8 Å². The highest BCUT2D eigenvalue weighted by atomic mass is 16.6. The van der Waals surface area contributed by atoms with Gasteiger partial charge < -0.3 is 28.4 Å². The van der Waals surface area contributed by atoms with Gasteiger partial charge in [-0.3, -0.25) is 38.4 Å². The van der Waals surface area contributed by atoms with E-state index in [9.17, 15) is 38.4 Å². The van der Waals surface area contributed by atoms with Crippen LogP contribution in [-0.4, -0.2) is 76.6 Å². The molecule has 12 rings (SSSR count). The topological polar surface area (TPSA) is 192 Å². The van der Waals surface area contributed by atoms with Crippen molar-refractivity contribution in [3.8, 4) is 0 Å². The SMILES string of the molecule is C.C.C.C.C.C.C.C.CC1C(=O)OC(=O)C1C.CC1C(C)C2CC1C1COC(=O)C21.CCC(C)C(=O)OC12CC3CC(C(=O)OC(C)(C)C)(C1)CC(C(=O)OC(C)(C)C)(C3)C2.CCC(C)C(=O)OC12CC3CC(C1)C(=O)C(C3)C2. The predicted molar refractivity (Wildman–Crippen MR) is 314 cm³/mol. The van der Waals surface area contributed by atoms with Crippen molar-refractivity contribution in [1.29, 1.82) is 0 Å². The molecule has 10 aliphatic carbocycles. The monoisotopic (exact) mass is 1120 g/mol. The third-order valence-corrected chi connectivity index (χ3v) is 18.9. The maximum Gasteiger partial charge on any atom is 0.317 e. The number of ketones is 1. The standard InChI is InChI=1S/C25H40O6.C15H22O3.C11H16O2.C6H8O3.8CH4/c1-9-16(2)18(26)29-25-12-17-10-23(14-25,19(27)30-21(3,4)5)13-24(11-17,15-25)20(28)31-22(6,7)8;1-3-9(2)14(17)18-15-6-10-4-11(7-15)13(16)12(5-10)8-15;1-5-6(2)8-3-7(5)9-4-13-11(12)10(8)9;1-3-4(2)6(8)9-5(3)7;;;;;;;;/h16-17H,9-15H2,1-8H3;9-12H,3-8H2,1-2H3;5-10H,3-4H2,1-2H3;3-4H,1-2H3;8*1H4. The summed E-state index contributed by atoms with van der Waals surface area (Å²) in [7, 11) is 0. The molecule has 0 spiro atoms. The fraction of sp³-hybridized carbons (Fsp3) is 0.877. The minimum absolute atomic E-state index is 0. The minimum atomic E-state index is -0.820. The van der Waals surface area contributed by atoms with Crippen LogP contribution in [0.2, 0.25) is 0 Å². The van der Waals surface area contributed by atoms with Gasteiger partial charge in [0.05, 0.1) is 47.0 Å². The smallest absolute Gasteiger partial charge is 0.317 e. The summed E-state index contributed by atoms with van der Waals surface area (Å²) in [6.45, 7) is 27.6. The van der Waals surface area contributed by atoms with Crippen molar-refractivity contribution in [2.24, 2.45) is 93.7 Å². The molecule has 14 nitrogen and oxygen atoms in total. The second-order valence-corrected chi connectivity index (χ2v) is 26.6. The lowest BCUT2D eigenvalue weighted by molar-refractivity contribution is -0.242. The molecule has 0 amide bonds. The van der Waals surface area contributed by atoms with Crippen molar-refractivity contribution in [1.82, 2.24) is 0 Å². The van der Waals surface area contributed by atoms with Gasteiger partial charge in [-0.15, -0.1) is 0 Å². The zero-order chi connectivity index (χ0) is 52.6. The Balaban J connectivity index is 0. The van der Waals surface area contributed by atoms with E-state index in [1.807, 2.05) is 69.2 Å². The molecule has 12 fully saturated rings. The van der Waals surface area contributed by atoms with E-state index in [2.05, 4.69) is 18.6 Å². The van der Waals surface area contributed by atoms with E-state index in [-0.39, 0.29) is 142 Å². The van der Waals surface area contributed by atoms with Gasteiger partial charge in [-0.25, -0.2) is 0 Å². The van der Waals surface area contributed by atoms with E-state index in [0.717, 1.165) is 56.3 Å². The molecule has 10 saturated carbocycles. The van der Waals surface area contributed by atoms with Crippen LogP contribution in [0, 0.1) is 93.7 Å². The molecule has 0 aromatic carbocycles. The number of carbonyl (C=O) groups excluding carboxylic acids is 8. The van der Waals surface area contributed by atoms with Crippen molar-refractivity contribution in [3.63, 3.8) is 0 Å². The number of Topliss-reactive ketones (excluding diaryl/α,β-unsaturated/α-hetero) is 1. The van der Waals surface area contributed by atoms with Crippen molar-refractivity contribution < 1.29 is 66.8 Å². The first-order valence-corrected chi connectivity index (χ1v) is 27.3. The second kappa shape index (κ2) is 28.0. The van der Waals surface area contributed by atoms with Crippen molar-refractivity contribution in [3.05, 3.63) is 0 Å². The second-order valence-electron chi connectivity index (χ2n) is 26.6. The summed E-state index contributed by atoms with van der Waals surface area (Å²) >= 11 is 0. The van der Waals surface area contributed by atoms with E-state index >= 15 is 0 Å². The maximum atomic E-state index is 13.5. The van der Waals surface area contributed by atoms with Crippen LogP contribution in [0.15, 0.2) is 0 Å². The van der Waals surface area contributed by atoms with Crippen LogP contribution in [-0.2, 0) is 66.8 Å². The van der Waals surface area contributed by atoms with Crippen molar-refractivity contribution in [2.75, 3.05) is 6.61 Å². The van der Waals surface area contributed by atoms with Gasteiger partial charge in [0, 0.05) is 30.6 Å². The Morgan fingerprint density at radius 1 is 0.532 bits per heavy atom. The largest absolute Gasteiger partial charge is 0.465 e. The molecule has 2 aliphatic heterocycles. The summed E-state index contributed by atoms with van der Waals surface area (Å²) in [6.07, 6.45) is 10.8. The normalized spacial score (nSPS) is 37.2. The molecule has 14 atom stereocenters. The summed E-state index contributed by atoms with van der Waals surface area (Å²) in [6, 6.07) is 0. The van der Waals surface area contributed by atoms with Crippen LogP contribution in [0.4, 0.5) is 0 Å². The molecule has 12 aliphatic rings. The Kier molecular flexibility index (Phi) is 27.3. The van der Waals surface area contributed by atoms with Gasteiger partial charge in [-0.05, 0) is 154 Å². The van der Waals surface area contributed by atoms with Gasteiger partial charge in [0.1, 0.15) is 28.2 Å². The predicted octanol–water partition coefficient (Wildman–Crippen LogP) is 14.8. The molecule has 2 saturated heterocycles. The van der Waals surface area contributed by atoms with Gasteiger partial charge in [0.25, 0.3) is 0 Å². The number of fused-ring (bicyclic) bond motifs is 5. The van der Waals surface area contributed by atoms with Crippen LogP contribution < -0.4 is 0 Å². The van der Waals surface area contributed by atoms with Crippen molar-refractivity contribution >= 4 is 47.6 Å². The zero-order valence-electron chi connectivity index (χ0n) is 45.4. The average molecular weight is 1120 g/mol. The van der Waals surface area contributed by atoms with Crippen molar-refractivity contribution in [2.45, 2.75) is 269 Å². The molecule has 0 N–H and O–H groups in total. The number of ether oxygens (including phenoxy) is 6. The third kappa shape index (κ3) is 15.6. The molecule has 14 heteroatoms. The number of rotatable bonds is 8. The summed E-state index contributed by atoms with van der Waals surface area (Å²) in [5.41, 5.74) is -3.99. The van der Waals surface area contributed by atoms with E-state index < -0.39 is 39.6 Å². The van der Waals surface area contributed by atoms with E-state index in [1.54, 1.807) is 13.8 Å². The fourth-order valence-corrected chi connectivity index (χ4v) is 15.1. The number of hydrogen-bond donors (Lipinski definition) is 0. The molecule has 10 bridgehead atoms.